The number of halogens is 1. The highest BCUT2D eigenvalue weighted by atomic mass is 79.9. The Labute approximate surface area is 124 Å². The van der Waals surface area contributed by atoms with Crippen LogP contribution in [0, 0.1) is 0 Å². The third kappa shape index (κ3) is 2.49. The standard InChI is InChI=1S/C18H19Br/c19-14-18(13-15-7-2-1-3-8-15)12-6-10-16-9-4-5-11-17(16)18/h1-5,7-9,11H,6,10,12-14H2. The van der Waals surface area contributed by atoms with Gasteiger partial charge in [-0.2, -0.15) is 0 Å². The zero-order chi connectivity index (χ0) is 13.1. The van der Waals surface area contributed by atoms with Crippen molar-refractivity contribution in [2.75, 3.05) is 5.33 Å². The summed E-state index contributed by atoms with van der Waals surface area (Å²) >= 11 is 3.80. The molecule has 0 nitrogen and oxygen atoms in total. The minimum absolute atomic E-state index is 0.274. The highest BCUT2D eigenvalue weighted by Gasteiger charge is 2.35. The summed E-state index contributed by atoms with van der Waals surface area (Å²) < 4.78 is 0. The fourth-order valence-electron chi connectivity index (χ4n) is 3.36. The summed E-state index contributed by atoms with van der Waals surface area (Å²) in [6.07, 6.45) is 4.95. The molecule has 0 heterocycles. The lowest BCUT2D eigenvalue weighted by atomic mass is 9.68. The summed E-state index contributed by atoms with van der Waals surface area (Å²) in [5, 5.41) is 1.05. The van der Waals surface area contributed by atoms with Crippen LogP contribution in [0.25, 0.3) is 0 Å². The summed E-state index contributed by atoms with van der Waals surface area (Å²) in [4.78, 5) is 0. The molecular formula is C18H19Br. The van der Waals surface area contributed by atoms with E-state index in [1.165, 1.54) is 24.8 Å². The van der Waals surface area contributed by atoms with Gasteiger partial charge in [0, 0.05) is 10.7 Å². The van der Waals surface area contributed by atoms with Gasteiger partial charge in [0.05, 0.1) is 0 Å². The lowest BCUT2D eigenvalue weighted by Gasteiger charge is -2.38. The molecule has 0 radical (unpaired) electrons. The lowest BCUT2D eigenvalue weighted by Crippen LogP contribution is -2.35. The van der Waals surface area contributed by atoms with E-state index in [-0.39, 0.29) is 5.41 Å². The van der Waals surface area contributed by atoms with Crippen LogP contribution in [-0.4, -0.2) is 5.33 Å². The van der Waals surface area contributed by atoms with Gasteiger partial charge in [-0.05, 0) is 42.4 Å². The summed E-state index contributed by atoms with van der Waals surface area (Å²) in [7, 11) is 0. The van der Waals surface area contributed by atoms with Crippen molar-refractivity contribution >= 4 is 15.9 Å². The van der Waals surface area contributed by atoms with E-state index in [9.17, 15) is 0 Å². The predicted octanol–water partition coefficient (Wildman–Crippen LogP) is 4.90. The fraction of sp³-hybridized carbons (Fsp3) is 0.333. The molecule has 0 aliphatic heterocycles. The number of rotatable bonds is 3. The van der Waals surface area contributed by atoms with Crippen LogP contribution < -0.4 is 0 Å². The topological polar surface area (TPSA) is 0 Å². The number of alkyl halides is 1. The zero-order valence-corrected chi connectivity index (χ0v) is 12.7. The van der Waals surface area contributed by atoms with E-state index >= 15 is 0 Å². The van der Waals surface area contributed by atoms with Gasteiger partial charge in [0.2, 0.25) is 0 Å². The van der Waals surface area contributed by atoms with E-state index in [1.807, 2.05) is 0 Å². The number of hydrogen-bond donors (Lipinski definition) is 0. The maximum atomic E-state index is 3.80. The van der Waals surface area contributed by atoms with Crippen LogP contribution in [0.2, 0.25) is 0 Å². The van der Waals surface area contributed by atoms with Gasteiger partial charge in [-0.1, -0.05) is 70.5 Å². The first-order valence-corrected chi connectivity index (χ1v) is 8.14. The third-order valence-electron chi connectivity index (χ3n) is 4.33. The highest BCUT2D eigenvalue weighted by Crippen LogP contribution is 2.41. The maximum Gasteiger partial charge on any atom is 0.0132 e. The molecule has 2 aromatic carbocycles. The largest absolute Gasteiger partial charge is 0.0918 e. The van der Waals surface area contributed by atoms with Crippen molar-refractivity contribution in [3.63, 3.8) is 0 Å². The minimum Gasteiger partial charge on any atom is -0.0918 e. The first-order chi connectivity index (χ1) is 9.34. The van der Waals surface area contributed by atoms with Crippen molar-refractivity contribution in [2.24, 2.45) is 0 Å². The molecule has 0 aromatic heterocycles. The van der Waals surface area contributed by atoms with E-state index in [2.05, 4.69) is 70.5 Å². The Hall–Kier alpha value is -1.08. The first kappa shape index (κ1) is 12.9. The van der Waals surface area contributed by atoms with Gasteiger partial charge in [0.25, 0.3) is 0 Å². The van der Waals surface area contributed by atoms with E-state index < -0.39 is 0 Å². The molecule has 0 amide bonds. The van der Waals surface area contributed by atoms with Gasteiger partial charge in [-0.15, -0.1) is 0 Å². The summed E-state index contributed by atoms with van der Waals surface area (Å²) in [6, 6.07) is 19.9. The Kier molecular flexibility index (Phi) is 3.74. The molecule has 0 spiro atoms. The molecule has 1 heteroatoms. The molecule has 19 heavy (non-hydrogen) atoms. The Morgan fingerprint density at radius 1 is 0.947 bits per heavy atom. The summed E-state index contributed by atoms with van der Waals surface area (Å²) in [5.74, 6) is 0. The van der Waals surface area contributed by atoms with Crippen LogP contribution in [0.1, 0.15) is 29.5 Å². The van der Waals surface area contributed by atoms with Gasteiger partial charge in [-0.3, -0.25) is 0 Å². The lowest BCUT2D eigenvalue weighted by molar-refractivity contribution is 0.401. The van der Waals surface area contributed by atoms with Crippen LogP contribution in [0.3, 0.4) is 0 Å². The van der Waals surface area contributed by atoms with E-state index in [1.54, 1.807) is 11.1 Å². The molecule has 1 unspecified atom stereocenters. The normalized spacial score (nSPS) is 21.9. The molecule has 0 N–H and O–H groups in total. The maximum absolute atomic E-state index is 3.80. The third-order valence-corrected chi connectivity index (χ3v) is 5.40. The molecule has 2 aromatic rings. The Morgan fingerprint density at radius 2 is 1.68 bits per heavy atom. The van der Waals surface area contributed by atoms with Crippen molar-refractivity contribution in [1.29, 1.82) is 0 Å². The molecule has 0 saturated carbocycles. The van der Waals surface area contributed by atoms with Gasteiger partial charge >= 0.3 is 0 Å². The Morgan fingerprint density at radius 3 is 2.47 bits per heavy atom. The molecule has 1 aliphatic carbocycles. The van der Waals surface area contributed by atoms with Crippen molar-refractivity contribution in [3.8, 4) is 0 Å². The van der Waals surface area contributed by atoms with Crippen molar-refractivity contribution in [2.45, 2.75) is 31.1 Å². The van der Waals surface area contributed by atoms with Crippen LogP contribution >= 0.6 is 15.9 Å². The smallest absolute Gasteiger partial charge is 0.0132 e. The zero-order valence-electron chi connectivity index (χ0n) is 11.1. The minimum atomic E-state index is 0.274. The molecule has 0 bridgehead atoms. The second-order valence-electron chi connectivity index (χ2n) is 5.59. The molecule has 98 valence electrons. The fourth-order valence-corrected chi connectivity index (χ4v) is 4.14. The van der Waals surface area contributed by atoms with Crippen molar-refractivity contribution < 1.29 is 0 Å². The SMILES string of the molecule is BrCC1(Cc2ccccc2)CCCc2ccccc21. The number of benzene rings is 2. The second-order valence-corrected chi connectivity index (χ2v) is 6.15. The van der Waals surface area contributed by atoms with Crippen molar-refractivity contribution in [1.82, 2.24) is 0 Å². The molecular weight excluding hydrogens is 296 g/mol. The molecule has 3 rings (SSSR count). The Bertz CT molecular complexity index is 547. The van der Waals surface area contributed by atoms with E-state index in [0.29, 0.717) is 0 Å². The molecule has 0 fully saturated rings. The quantitative estimate of drug-likeness (QED) is 0.707. The molecule has 1 atom stereocenters. The first-order valence-electron chi connectivity index (χ1n) is 7.02. The van der Waals surface area contributed by atoms with Gasteiger partial charge in [-0.25, -0.2) is 0 Å². The van der Waals surface area contributed by atoms with Gasteiger partial charge in [0.15, 0.2) is 0 Å². The van der Waals surface area contributed by atoms with Gasteiger partial charge < -0.3 is 0 Å². The Balaban J connectivity index is 2.00. The predicted molar refractivity (Wildman–Crippen MR) is 85.0 cm³/mol. The van der Waals surface area contributed by atoms with Crippen molar-refractivity contribution in [3.05, 3.63) is 71.3 Å². The molecule has 1 aliphatic rings. The number of hydrogen-bond acceptors (Lipinski definition) is 0. The second kappa shape index (κ2) is 5.50. The van der Waals surface area contributed by atoms with E-state index in [4.69, 9.17) is 0 Å². The van der Waals surface area contributed by atoms with Gasteiger partial charge in [0.1, 0.15) is 0 Å². The average Bonchev–Trinajstić information content (AvgIpc) is 2.49. The van der Waals surface area contributed by atoms with Crippen LogP contribution in [-0.2, 0) is 18.3 Å². The number of fused-ring (bicyclic) bond motifs is 1. The summed E-state index contributed by atoms with van der Waals surface area (Å²) in [6.45, 7) is 0. The van der Waals surface area contributed by atoms with Crippen LogP contribution in [0.4, 0.5) is 0 Å². The number of aryl methyl sites for hydroxylation is 1. The highest BCUT2D eigenvalue weighted by molar-refractivity contribution is 9.09. The van der Waals surface area contributed by atoms with E-state index in [0.717, 1.165) is 11.8 Å². The average molecular weight is 315 g/mol. The van der Waals surface area contributed by atoms with Crippen LogP contribution in [0.15, 0.2) is 54.6 Å². The monoisotopic (exact) mass is 314 g/mol. The molecule has 0 saturated heterocycles. The van der Waals surface area contributed by atoms with Crippen LogP contribution in [0.5, 0.6) is 0 Å². The summed E-state index contributed by atoms with van der Waals surface area (Å²) in [5.41, 5.74) is 4.82.